The Bertz CT molecular complexity index is 1000. The predicted molar refractivity (Wildman–Crippen MR) is 136 cm³/mol. The highest BCUT2D eigenvalue weighted by molar-refractivity contribution is 5.69. The molecule has 2 fully saturated rings. The first-order chi connectivity index (χ1) is 19.7. The average molecular weight is 606 g/mol. The van der Waals surface area contributed by atoms with Gasteiger partial charge < -0.3 is 47.9 Å². The van der Waals surface area contributed by atoms with Crippen LogP contribution in [0, 0.1) is 5.92 Å². The lowest BCUT2D eigenvalue weighted by Crippen LogP contribution is -2.66. The van der Waals surface area contributed by atoms with Crippen molar-refractivity contribution in [3.63, 3.8) is 0 Å². The lowest BCUT2D eigenvalue weighted by molar-refractivity contribution is -0.357. The Hall–Kier alpha value is -3.50. The number of carbonyl (C=O) groups excluding carboxylic acids is 6. The SMILES string of the molecule is CC[C@@H]1O[C@H](OC(C)=O)[C@@H](O[C@H]2O[C@H](COC(C)=O)[C@@H](OC(C)=O)[C@H](OC(=O)NC)[C@@H]2OC(C)=O)[C@@H](OC(C)=O)[C@@H]1C. The molecule has 0 aliphatic carbocycles. The standard InChI is InChI=1S/C26H39NO15/c1-9-17-11(2)19(35-13(4)29)22(24(39-17)38-16(7)32)41-25-23(37-15(6)31)21(42-26(33)27-8)20(36-14(5)30)18(40-25)10-34-12(3)28/h11,17-25H,9-10H2,1-8H3,(H,27,33)/t11-,17+,18-,19+,20-,21+,22+,23+,24+,25-/m1/s1. The summed E-state index contributed by atoms with van der Waals surface area (Å²) in [7, 11) is 1.27. The van der Waals surface area contributed by atoms with Gasteiger partial charge in [0.25, 0.3) is 0 Å². The molecule has 2 aliphatic heterocycles. The fourth-order valence-corrected chi connectivity index (χ4v) is 4.72. The summed E-state index contributed by atoms with van der Waals surface area (Å²) >= 11 is 0. The number of ether oxygens (including phenoxy) is 9. The number of rotatable bonds is 10. The highest BCUT2D eigenvalue weighted by atomic mass is 16.8. The number of alkyl carbamates (subject to hydrolysis) is 1. The van der Waals surface area contributed by atoms with Gasteiger partial charge in [-0.2, -0.15) is 0 Å². The van der Waals surface area contributed by atoms with Crippen LogP contribution in [-0.4, -0.2) is 105 Å². The largest absolute Gasteiger partial charge is 0.463 e. The van der Waals surface area contributed by atoms with Crippen molar-refractivity contribution in [2.75, 3.05) is 13.7 Å². The number of hydrogen-bond donors (Lipinski definition) is 1. The van der Waals surface area contributed by atoms with Crippen molar-refractivity contribution in [1.82, 2.24) is 5.32 Å². The molecule has 0 aromatic rings. The van der Waals surface area contributed by atoms with Crippen molar-refractivity contribution in [3.05, 3.63) is 0 Å². The van der Waals surface area contributed by atoms with E-state index in [1.807, 2.05) is 6.92 Å². The third-order valence-electron chi connectivity index (χ3n) is 6.38. The summed E-state index contributed by atoms with van der Waals surface area (Å²) in [6, 6.07) is 0. The molecule has 0 radical (unpaired) electrons. The van der Waals surface area contributed by atoms with Crippen LogP contribution in [0.5, 0.6) is 0 Å². The van der Waals surface area contributed by atoms with E-state index < -0.39 is 104 Å². The van der Waals surface area contributed by atoms with Crippen molar-refractivity contribution in [2.24, 2.45) is 5.92 Å². The van der Waals surface area contributed by atoms with Crippen LogP contribution in [0.25, 0.3) is 0 Å². The molecule has 2 rings (SSSR count). The van der Waals surface area contributed by atoms with Crippen molar-refractivity contribution >= 4 is 35.9 Å². The second-order valence-electron chi connectivity index (χ2n) is 9.71. The molecule has 0 aromatic carbocycles. The minimum absolute atomic E-state index is 0.468. The van der Waals surface area contributed by atoms with Crippen LogP contribution in [0.15, 0.2) is 0 Å². The summed E-state index contributed by atoms with van der Waals surface area (Å²) in [4.78, 5) is 72.3. The van der Waals surface area contributed by atoms with E-state index in [1.54, 1.807) is 6.92 Å². The Balaban J connectivity index is 2.63. The fraction of sp³-hybridized carbons (Fsp3) is 0.769. The van der Waals surface area contributed by atoms with E-state index in [4.69, 9.17) is 42.6 Å². The van der Waals surface area contributed by atoms with Crippen LogP contribution in [0.3, 0.4) is 0 Å². The van der Waals surface area contributed by atoms with Crippen molar-refractivity contribution in [1.29, 1.82) is 0 Å². The summed E-state index contributed by atoms with van der Waals surface area (Å²) in [6.07, 6.45) is -12.4. The molecule has 1 N–H and O–H groups in total. The first-order valence-electron chi connectivity index (χ1n) is 13.3. The van der Waals surface area contributed by atoms with E-state index >= 15 is 0 Å². The predicted octanol–water partition coefficient (Wildman–Crippen LogP) is 0.513. The van der Waals surface area contributed by atoms with Gasteiger partial charge in [-0.25, -0.2) is 4.79 Å². The Morgan fingerprint density at radius 2 is 1.14 bits per heavy atom. The maximum Gasteiger partial charge on any atom is 0.407 e. The Morgan fingerprint density at radius 1 is 0.619 bits per heavy atom. The molecule has 0 aromatic heterocycles. The average Bonchev–Trinajstić information content (AvgIpc) is 2.88. The number of hydrogen-bond acceptors (Lipinski definition) is 15. The van der Waals surface area contributed by atoms with Crippen molar-refractivity contribution < 1.29 is 71.4 Å². The van der Waals surface area contributed by atoms with Gasteiger partial charge in [0.05, 0.1) is 6.10 Å². The van der Waals surface area contributed by atoms with Crippen LogP contribution in [0.1, 0.15) is 54.9 Å². The van der Waals surface area contributed by atoms with Gasteiger partial charge >= 0.3 is 35.9 Å². The van der Waals surface area contributed by atoms with E-state index in [1.165, 1.54) is 14.0 Å². The third-order valence-corrected chi connectivity index (χ3v) is 6.38. The summed E-state index contributed by atoms with van der Waals surface area (Å²) in [6.45, 7) is 8.69. The van der Waals surface area contributed by atoms with Crippen molar-refractivity contribution in [2.45, 2.75) is 110 Å². The fourth-order valence-electron chi connectivity index (χ4n) is 4.72. The maximum absolute atomic E-state index is 12.4. The quantitative estimate of drug-likeness (QED) is 0.267. The van der Waals surface area contributed by atoms with Crippen LogP contribution < -0.4 is 5.32 Å². The van der Waals surface area contributed by atoms with Gasteiger partial charge in [-0.1, -0.05) is 13.8 Å². The molecular weight excluding hydrogens is 566 g/mol. The minimum Gasteiger partial charge on any atom is -0.463 e. The second-order valence-corrected chi connectivity index (χ2v) is 9.71. The lowest BCUT2D eigenvalue weighted by atomic mass is 9.88. The molecule has 238 valence electrons. The van der Waals surface area contributed by atoms with Gasteiger partial charge in [-0.05, 0) is 6.42 Å². The van der Waals surface area contributed by atoms with Gasteiger partial charge in [0.15, 0.2) is 30.7 Å². The van der Waals surface area contributed by atoms with Gasteiger partial charge in [-0.3, -0.25) is 24.0 Å². The summed E-state index contributed by atoms with van der Waals surface area (Å²) in [5, 5.41) is 2.25. The number of esters is 5. The molecule has 1 amide bonds. The van der Waals surface area contributed by atoms with Crippen LogP contribution in [-0.2, 0) is 66.6 Å². The monoisotopic (exact) mass is 605 g/mol. The molecule has 0 saturated carbocycles. The Labute approximate surface area is 242 Å². The second kappa shape index (κ2) is 15.7. The van der Waals surface area contributed by atoms with Gasteiger partial charge in [0, 0.05) is 47.6 Å². The van der Waals surface area contributed by atoms with E-state index in [2.05, 4.69) is 5.32 Å². The van der Waals surface area contributed by atoms with Crippen molar-refractivity contribution in [3.8, 4) is 0 Å². The first kappa shape index (κ1) is 34.7. The molecule has 0 bridgehead atoms. The molecule has 2 heterocycles. The highest BCUT2D eigenvalue weighted by Gasteiger charge is 2.56. The van der Waals surface area contributed by atoms with E-state index in [0.29, 0.717) is 6.42 Å². The number of carbonyl (C=O) groups is 6. The highest BCUT2D eigenvalue weighted by Crippen LogP contribution is 2.36. The van der Waals surface area contributed by atoms with Gasteiger partial charge in [-0.15, -0.1) is 0 Å². The van der Waals surface area contributed by atoms with Crippen LogP contribution >= 0.6 is 0 Å². The molecule has 2 saturated heterocycles. The van der Waals surface area contributed by atoms with Gasteiger partial charge in [0.1, 0.15) is 18.8 Å². The van der Waals surface area contributed by atoms with E-state index in [0.717, 1.165) is 27.7 Å². The van der Waals surface area contributed by atoms with Crippen LogP contribution in [0.2, 0.25) is 0 Å². The summed E-state index contributed by atoms with van der Waals surface area (Å²) in [5.41, 5.74) is 0. The Kier molecular flexibility index (Phi) is 12.9. The molecule has 0 spiro atoms. The summed E-state index contributed by atoms with van der Waals surface area (Å²) < 4.78 is 50.5. The topological polar surface area (TPSA) is 198 Å². The molecule has 16 nitrogen and oxygen atoms in total. The maximum atomic E-state index is 12.4. The molecule has 10 atom stereocenters. The zero-order valence-electron chi connectivity index (χ0n) is 24.8. The smallest absolute Gasteiger partial charge is 0.407 e. The first-order valence-corrected chi connectivity index (χ1v) is 13.3. The van der Waals surface area contributed by atoms with Crippen LogP contribution in [0.4, 0.5) is 4.79 Å². The molecule has 0 unspecified atom stereocenters. The lowest BCUT2D eigenvalue weighted by Gasteiger charge is -2.48. The Morgan fingerprint density at radius 3 is 1.64 bits per heavy atom. The zero-order valence-corrected chi connectivity index (χ0v) is 24.8. The molecular formula is C26H39NO15. The normalized spacial score (nSPS) is 32.5. The molecule has 2 aliphatic rings. The molecule has 16 heteroatoms. The summed E-state index contributed by atoms with van der Waals surface area (Å²) in [5.74, 6) is -4.24. The third kappa shape index (κ3) is 9.52. The minimum atomic E-state index is -1.65. The molecule has 42 heavy (non-hydrogen) atoms. The number of amides is 1. The zero-order chi connectivity index (χ0) is 31.7. The van der Waals surface area contributed by atoms with E-state index in [9.17, 15) is 28.8 Å². The van der Waals surface area contributed by atoms with Gasteiger partial charge in [0.2, 0.25) is 6.29 Å². The van der Waals surface area contributed by atoms with E-state index in [-0.39, 0.29) is 0 Å². The number of nitrogens with one attached hydrogen (secondary N) is 1.